The first kappa shape index (κ1) is 24.4. The molecule has 6 nitrogen and oxygen atoms in total. The van der Waals surface area contributed by atoms with Crippen molar-refractivity contribution >= 4 is 17.7 Å². The van der Waals surface area contributed by atoms with E-state index in [0.717, 1.165) is 44.1 Å². The van der Waals surface area contributed by atoms with Crippen molar-refractivity contribution in [3.63, 3.8) is 0 Å². The third-order valence-electron chi connectivity index (χ3n) is 11.8. The molecular weight excluding hydrogens is 456 g/mol. The van der Waals surface area contributed by atoms with Crippen LogP contribution in [0.3, 0.4) is 0 Å². The summed E-state index contributed by atoms with van der Waals surface area (Å²) in [5, 5.41) is 0. The predicted octanol–water partition coefficient (Wildman–Crippen LogP) is 4.95. The highest BCUT2D eigenvalue weighted by Crippen LogP contribution is 2.73. The van der Waals surface area contributed by atoms with Crippen molar-refractivity contribution in [1.29, 1.82) is 0 Å². The van der Waals surface area contributed by atoms with Gasteiger partial charge in [-0.15, -0.1) is 0 Å². The van der Waals surface area contributed by atoms with Gasteiger partial charge in [-0.1, -0.05) is 25.5 Å². The van der Waals surface area contributed by atoms with Gasteiger partial charge in [0.2, 0.25) is 0 Å². The molecule has 0 aromatic heterocycles. The first-order valence-corrected chi connectivity index (χ1v) is 13.9. The molecule has 0 amide bonds. The Labute approximate surface area is 214 Å². The van der Waals surface area contributed by atoms with Gasteiger partial charge >= 0.3 is 11.9 Å². The summed E-state index contributed by atoms with van der Waals surface area (Å²) in [6.07, 6.45) is 8.81. The molecule has 0 N–H and O–H groups in total. The lowest BCUT2D eigenvalue weighted by atomic mass is 9.44. The average Bonchev–Trinajstić information content (AvgIpc) is 3.43. The van der Waals surface area contributed by atoms with E-state index in [2.05, 4.69) is 20.8 Å². The monoisotopic (exact) mass is 496 g/mol. The van der Waals surface area contributed by atoms with Crippen molar-refractivity contribution < 1.29 is 28.6 Å². The molecule has 6 rings (SSSR count). The van der Waals surface area contributed by atoms with Crippen molar-refractivity contribution in [2.45, 2.75) is 104 Å². The second-order valence-electron chi connectivity index (χ2n) is 13.1. The lowest BCUT2D eigenvalue weighted by molar-refractivity contribution is -0.161. The van der Waals surface area contributed by atoms with Gasteiger partial charge in [-0.25, -0.2) is 4.79 Å². The summed E-state index contributed by atoms with van der Waals surface area (Å²) in [4.78, 5) is 38.2. The van der Waals surface area contributed by atoms with E-state index in [1.54, 1.807) is 6.08 Å². The lowest BCUT2D eigenvalue weighted by Gasteiger charge is -2.57. The predicted molar refractivity (Wildman–Crippen MR) is 133 cm³/mol. The summed E-state index contributed by atoms with van der Waals surface area (Å²) in [6.45, 7) is 12.1. The minimum absolute atomic E-state index is 0.0580. The Morgan fingerprint density at radius 3 is 2.61 bits per heavy atom. The maximum Gasteiger partial charge on any atom is 0.333 e. The smallest absolute Gasteiger partial charge is 0.333 e. The van der Waals surface area contributed by atoms with Crippen LogP contribution >= 0.6 is 0 Å². The number of hydrogen-bond acceptors (Lipinski definition) is 6. The number of hydrogen-bond donors (Lipinski definition) is 0. The Kier molecular flexibility index (Phi) is 5.27. The number of cyclic esters (lactones) is 1. The molecule has 36 heavy (non-hydrogen) atoms. The minimum atomic E-state index is -0.477. The highest BCUT2D eigenvalue weighted by atomic mass is 16.6. The van der Waals surface area contributed by atoms with Gasteiger partial charge in [0.25, 0.3) is 0 Å². The fraction of sp³-hybridized carbons (Fsp3) is 0.767. The maximum absolute atomic E-state index is 13.4. The molecule has 11 unspecified atom stereocenters. The Bertz CT molecular complexity index is 1090. The van der Waals surface area contributed by atoms with E-state index in [4.69, 9.17) is 14.2 Å². The summed E-state index contributed by atoms with van der Waals surface area (Å²) in [5.41, 5.74) is 0.945. The van der Waals surface area contributed by atoms with Crippen LogP contribution in [0.15, 0.2) is 23.3 Å². The van der Waals surface area contributed by atoms with Crippen LogP contribution in [0.2, 0.25) is 0 Å². The zero-order valence-electron chi connectivity index (χ0n) is 22.5. The van der Waals surface area contributed by atoms with Gasteiger partial charge in [0.15, 0.2) is 5.78 Å². The number of esters is 2. The zero-order chi connectivity index (χ0) is 25.8. The normalized spacial score (nSPS) is 49.9. The standard InChI is InChI=1S/C30H40O6/c1-15-12-22(35-27(33)16(15)2)17(3)26-23(34-18(4)31)14-21-19-13-25-30(36-25)10-7-8-24(32)29(30,6)20(19)9-11-28(21,26)5/h7-8,17,19-23,25-26H,9-14H2,1-6H3. The number of fused-ring (bicyclic) bond motifs is 4. The van der Waals surface area contributed by atoms with Gasteiger partial charge in [-0.3, -0.25) is 9.59 Å². The molecule has 196 valence electrons. The topological polar surface area (TPSA) is 82.2 Å². The third-order valence-corrected chi connectivity index (χ3v) is 11.8. The summed E-state index contributed by atoms with van der Waals surface area (Å²) in [5.74, 6) is 0.868. The van der Waals surface area contributed by atoms with Crippen molar-refractivity contribution in [2.24, 2.45) is 40.4 Å². The summed E-state index contributed by atoms with van der Waals surface area (Å²) < 4.78 is 18.4. The van der Waals surface area contributed by atoms with E-state index >= 15 is 0 Å². The Morgan fingerprint density at radius 1 is 1.17 bits per heavy atom. The van der Waals surface area contributed by atoms with E-state index in [9.17, 15) is 14.4 Å². The number of ether oxygens (including phenoxy) is 3. The minimum Gasteiger partial charge on any atom is -0.462 e. The van der Waals surface area contributed by atoms with Crippen molar-refractivity contribution in [3.8, 4) is 0 Å². The van der Waals surface area contributed by atoms with Gasteiger partial charge in [0.1, 0.15) is 17.8 Å². The Hall–Kier alpha value is -1.95. The highest BCUT2D eigenvalue weighted by Gasteiger charge is 2.78. The largest absolute Gasteiger partial charge is 0.462 e. The summed E-state index contributed by atoms with van der Waals surface area (Å²) in [6, 6.07) is 0. The number of carbonyl (C=O) groups is 3. The molecule has 6 heteroatoms. The van der Waals surface area contributed by atoms with E-state index in [-0.39, 0.29) is 64.8 Å². The van der Waals surface area contributed by atoms with Crippen molar-refractivity contribution in [2.75, 3.05) is 0 Å². The molecule has 0 aromatic carbocycles. The number of carbonyl (C=O) groups excluding carboxylic acids is 3. The van der Waals surface area contributed by atoms with Crippen LogP contribution in [0, 0.1) is 40.4 Å². The average molecular weight is 497 g/mol. The molecule has 0 bridgehead atoms. The van der Waals surface area contributed by atoms with Gasteiger partial charge in [0.05, 0.1) is 11.5 Å². The number of rotatable bonds is 3. The first-order valence-electron chi connectivity index (χ1n) is 13.9. The molecule has 0 radical (unpaired) electrons. The Morgan fingerprint density at radius 2 is 1.92 bits per heavy atom. The number of ketones is 1. The van der Waals surface area contributed by atoms with Crippen LogP contribution in [0.4, 0.5) is 0 Å². The molecule has 4 fully saturated rings. The quantitative estimate of drug-likeness (QED) is 0.406. The number of epoxide rings is 1. The van der Waals surface area contributed by atoms with Gasteiger partial charge in [0, 0.05) is 30.8 Å². The first-order chi connectivity index (χ1) is 16.9. The van der Waals surface area contributed by atoms with E-state index in [1.165, 1.54) is 6.92 Å². The van der Waals surface area contributed by atoms with Crippen molar-refractivity contribution in [1.82, 2.24) is 0 Å². The van der Waals surface area contributed by atoms with Crippen LogP contribution in [0.1, 0.15) is 80.1 Å². The van der Waals surface area contributed by atoms with E-state index < -0.39 is 5.41 Å². The number of allylic oxidation sites excluding steroid dienone is 1. The maximum atomic E-state index is 13.4. The lowest BCUT2D eigenvalue weighted by Crippen LogP contribution is -2.60. The molecule has 2 heterocycles. The molecule has 6 aliphatic rings. The Balaban J connectivity index is 1.35. The molecular formula is C30H40O6. The fourth-order valence-electron chi connectivity index (χ4n) is 9.83. The van der Waals surface area contributed by atoms with Crippen molar-refractivity contribution in [3.05, 3.63) is 23.3 Å². The van der Waals surface area contributed by atoms with Crippen LogP contribution in [0.25, 0.3) is 0 Å². The second-order valence-corrected chi connectivity index (χ2v) is 13.1. The molecule has 4 aliphatic carbocycles. The van der Waals surface area contributed by atoms with E-state index in [0.29, 0.717) is 17.4 Å². The SMILES string of the molecule is CC(=O)OC1CC2C3CC4OC45CC=CC(=O)C5(C)C3CCC2(C)C1C(C)C1CC(C)=C(C)C(=O)O1. The van der Waals surface area contributed by atoms with Crippen LogP contribution < -0.4 is 0 Å². The zero-order valence-corrected chi connectivity index (χ0v) is 22.5. The molecule has 11 atom stereocenters. The van der Waals surface area contributed by atoms with Gasteiger partial charge in [-0.2, -0.15) is 0 Å². The molecule has 1 saturated heterocycles. The molecule has 1 spiro atoms. The highest BCUT2D eigenvalue weighted by molar-refractivity contribution is 5.97. The van der Waals surface area contributed by atoms with Crippen LogP contribution in [-0.4, -0.2) is 41.6 Å². The fourth-order valence-corrected chi connectivity index (χ4v) is 9.83. The molecule has 0 aromatic rings. The summed E-state index contributed by atoms with van der Waals surface area (Å²) >= 11 is 0. The summed E-state index contributed by atoms with van der Waals surface area (Å²) in [7, 11) is 0. The van der Waals surface area contributed by atoms with Crippen LogP contribution in [-0.2, 0) is 28.6 Å². The molecule has 3 saturated carbocycles. The third kappa shape index (κ3) is 3.03. The van der Waals surface area contributed by atoms with E-state index in [1.807, 2.05) is 19.9 Å². The molecule has 2 aliphatic heterocycles. The second kappa shape index (κ2) is 7.78. The van der Waals surface area contributed by atoms with Gasteiger partial charge < -0.3 is 14.2 Å². The van der Waals surface area contributed by atoms with Crippen LogP contribution in [0.5, 0.6) is 0 Å². The van der Waals surface area contributed by atoms with Gasteiger partial charge in [-0.05, 0) is 82.1 Å².